The summed E-state index contributed by atoms with van der Waals surface area (Å²) in [5.74, 6) is -0.0232. The summed E-state index contributed by atoms with van der Waals surface area (Å²) in [6, 6.07) is 17.4. The molecule has 0 saturated heterocycles. The molecule has 1 aliphatic rings. The monoisotopic (exact) mass is 435 g/mol. The van der Waals surface area contributed by atoms with Crippen LogP contribution in [0.25, 0.3) is 0 Å². The van der Waals surface area contributed by atoms with Gasteiger partial charge in [0.2, 0.25) is 10.0 Å². The van der Waals surface area contributed by atoms with Crippen molar-refractivity contribution in [2.45, 2.75) is 32.0 Å². The number of anilines is 1. The molecule has 1 aliphatic heterocycles. The van der Waals surface area contributed by atoms with Gasteiger partial charge in [-0.2, -0.15) is 9.57 Å². The van der Waals surface area contributed by atoms with E-state index in [9.17, 15) is 13.7 Å². The van der Waals surface area contributed by atoms with Crippen LogP contribution in [0.5, 0.6) is 0 Å². The fourth-order valence-electron chi connectivity index (χ4n) is 4.27. The number of hydrogen-bond acceptors (Lipinski definition) is 5. The Bertz CT molecular complexity index is 1190. The van der Waals surface area contributed by atoms with E-state index in [1.54, 1.807) is 29.0 Å². The third-order valence-corrected chi connectivity index (χ3v) is 7.15. The number of H-pyrrole nitrogens is 1. The molecule has 3 aromatic rings. The SMILES string of the molecule is C[C@H](c1ccccc1)[C@H]1CN(Cc2cnc[nH]2)c2ccc(C#N)cc2CN1S(C)(=O)=O. The zero-order valence-corrected chi connectivity index (χ0v) is 18.4. The van der Waals surface area contributed by atoms with E-state index < -0.39 is 10.0 Å². The average Bonchev–Trinajstić information content (AvgIpc) is 3.21. The number of benzene rings is 2. The summed E-state index contributed by atoms with van der Waals surface area (Å²) in [6.45, 7) is 3.38. The van der Waals surface area contributed by atoms with Crippen LogP contribution in [0.2, 0.25) is 0 Å². The van der Waals surface area contributed by atoms with Crippen molar-refractivity contribution in [2.75, 3.05) is 17.7 Å². The number of hydrogen-bond donors (Lipinski definition) is 1. The minimum atomic E-state index is -3.50. The van der Waals surface area contributed by atoms with Crippen molar-refractivity contribution in [1.29, 1.82) is 5.26 Å². The third-order valence-electron chi connectivity index (χ3n) is 5.90. The second kappa shape index (κ2) is 8.53. The summed E-state index contributed by atoms with van der Waals surface area (Å²) in [5.41, 5.74) is 4.31. The van der Waals surface area contributed by atoms with Crippen LogP contribution in [0.3, 0.4) is 0 Å². The molecule has 4 rings (SSSR count). The molecule has 8 heteroatoms. The molecule has 1 N–H and O–H groups in total. The Morgan fingerprint density at radius 2 is 2.03 bits per heavy atom. The lowest BCUT2D eigenvalue weighted by Gasteiger charge is -2.35. The highest BCUT2D eigenvalue weighted by molar-refractivity contribution is 7.88. The molecular formula is C23H25N5O2S. The summed E-state index contributed by atoms with van der Waals surface area (Å²) in [5, 5.41) is 9.39. The Morgan fingerprint density at radius 1 is 1.26 bits per heavy atom. The highest BCUT2D eigenvalue weighted by atomic mass is 32.2. The Balaban J connectivity index is 1.82. The van der Waals surface area contributed by atoms with Gasteiger partial charge in [-0.05, 0) is 35.2 Å². The predicted molar refractivity (Wildman–Crippen MR) is 120 cm³/mol. The first-order valence-corrected chi connectivity index (χ1v) is 12.0. The first-order valence-electron chi connectivity index (χ1n) is 10.1. The second-order valence-electron chi connectivity index (χ2n) is 7.99. The van der Waals surface area contributed by atoms with Gasteiger partial charge < -0.3 is 9.88 Å². The Labute approximate surface area is 183 Å². The highest BCUT2D eigenvalue weighted by Gasteiger charge is 2.37. The van der Waals surface area contributed by atoms with Crippen LogP contribution in [-0.4, -0.2) is 41.5 Å². The quantitative estimate of drug-likeness (QED) is 0.664. The number of nitrogens with one attached hydrogen (secondary N) is 1. The van der Waals surface area contributed by atoms with Crippen LogP contribution >= 0.6 is 0 Å². The number of aromatic amines is 1. The van der Waals surface area contributed by atoms with Gasteiger partial charge in [0, 0.05) is 31.0 Å². The average molecular weight is 436 g/mol. The summed E-state index contributed by atoms with van der Waals surface area (Å²) in [7, 11) is -3.50. The fourth-order valence-corrected chi connectivity index (χ4v) is 5.38. The maximum absolute atomic E-state index is 12.9. The lowest BCUT2D eigenvalue weighted by Crippen LogP contribution is -2.46. The third kappa shape index (κ3) is 4.48. The first-order chi connectivity index (χ1) is 14.9. The minimum absolute atomic E-state index is 0.0232. The molecule has 7 nitrogen and oxygen atoms in total. The molecule has 0 amide bonds. The molecule has 0 aliphatic carbocycles. The molecule has 31 heavy (non-hydrogen) atoms. The van der Waals surface area contributed by atoms with Crippen molar-refractivity contribution >= 4 is 15.7 Å². The van der Waals surface area contributed by atoms with Crippen LogP contribution in [0, 0.1) is 11.3 Å². The van der Waals surface area contributed by atoms with E-state index in [-0.39, 0.29) is 18.5 Å². The number of sulfonamides is 1. The van der Waals surface area contributed by atoms with E-state index in [0.29, 0.717) is 18.7 Å². The number of nitrogens with zero attached hydrogens (tertiary/aromatic N) is 4. The highest BCUT2D eigenvalue weighted by Crippen LogP contribution is 2.35. The van der Waals surface area contributed by atoms with E-state index in [1.807, 2.05) is 36.4 Å². The number of rotatable bonds is 5. The molecule has 0 bridgehead atoms. The van der Waals surface area contributed by atoms with E-state index >= 15 is 0 Å². The summed E-state index contributed by atoms with van der Waals surface area (Å²) in [4.78, 5) is 9.44. The van der Waals surface area contributed by atoms with Gasteiger partial charge in [0.25, 0.3) is 0 Å². The van der Waals surface area contributed by atoms with Crippen molar-refractivity contribution in [2.24, 2.45) is 0 Å². The zero-order chi connectivity index (χ0) is 22.0. The van der Waals surface area contributed by atoms with Crippen LogP contribution in [0.4, 0.5) is 5.69 Å². The summed E-state index contributed by atoms with van der Waals surface area (Å²) in [6.07, 6.45) is 4.67. The Kier molecular flexibility index (Phi) is 5.81. The number of nitriles is 1. The van der Waals surface area contributed by atoms with Crippen LogP contribution in [0.15, 0.2) is 61.1 Å². The Hall–Kier alpha value is -3.15. The number of aromatic nitrogens is 2. The zero-order valence-electron chi connectivity index (χ0n) is 17.6. The molecule has 2 heterocycles. The predicted octanol–water partition coefficient (Wildman–Crippen LogP) is 3.24. The van der Waals surface area contributed by atoms with Crippen molar-refractivity contribution < 1.29 is 8.42 Å². The Morgan fingerprint density at radius 3 is 2.68 bits per heavy atom. The number of imidazole rings is 1. The van der Waals surface area contributed by atoms with Crippen molar-refractivity contribution in [3.63, 3.8) is 0 Å². The van der Waals surface area contributed by atoms with Crippen LogP contribution in [0.1, 0.15) is 35.2 Å². The van der Waals surface area contributed by atoms with Crippen molar-refractivity contribution in [3.05, 3.63) is 83.4 Å². The maximum atomic E-state index is 12.9. The number of fused-ring (bicyclic) bond motifs is 1. The summed E-state index contributed by atoms with van der Waals surface area (Å²) < 4.78 is 27.4. The van der Waals surface area contributed by atoms with Gasteiger partial charge in [0.05, 0.1) is 36.5 Å². The van der Waals surface area contributed by atoms with Gasteiger partial charge in [-0.25, -0.2) is 13.4 Å². The van der Waals surface area contributed by atoms with E-state index in [1.165, 1.54) is 6.26 Å². The fraction of sp³-hybridized carbons (Fsp3) is 0.304. The van der Waals surface area contributed by atoms with Crippen LogP contribution in [-0.2, 0) is 23.1 Å². The van der Waals surface area contributed by atoms with Gasteiger partial charge in [-0.15, -0.1) is 0 Å². The molecule has 2 aromatic carbocycles. The molecule has 1 aromatic heterocycles. The van der Waals surface area contributed by atoms with Gasteiger partial charge in [-0.3, -0.25) is 0 Å². The van der Waals surface area contributed by atoms with E-state index in [2.05, 4.69) is 27.9 Å². The topological polar surface area (TPSA) is 93.1 Å². The summed E-state index contributed by atoms with van der Waals surface area (Å²) >= 11 is 0. The molecule has 2 atom stereocenters. The van der Waals surface area contributed by atoms with Crippen molar-refractivity contribution in [1.82, 2.24) is 14.3 Å². The lowest BCUT2D eigenvalue weighted by atomic mass is 9.93. The normalized spacial score (nSPS) is 18.1. The van der Waals surface area contributed by atoms with Gasteiger partial charge in [0.1, 0.15) is 0 Å². The molecule has 0 radical (unpaired) electrons. The van der Waals surface area contributed by atoms with Crippen molar-refractivity contribution in [3.8, 4) is 6.07 Å². The standard InChI is InChI=1S/C23H25N5O2S/c1-17(19-6-4-3-5-7-19)23-15-27(14-21-12-25-16-26-21)22-9-8-18(11-24)10-20(22)13-28(23)31(2,29)30/h3-10,12,16-17,23H,13-15H2,1-2H3,(H,25,26)/t17-,23-/m1/s1. The molecule has 0 unspecified atom stereocenters. The van der Waals surface area contributed by atoms with E-state index in [4.69, 9.17) is 0 Å². The van der Waals surface area contributed by atoms with Gasteiger partial charge >= 0.3 is 0 Å². The lowest BCUT2D eigenvalue weighted by molar-refractivity contribution is 0.290. The molecule has 0 fully saturated rings. The van der Waals surface area contributed by atoms with Crippen LogP contribution < -0.4 is 4.90 Å². The van der Waals surface area contributed by atoms with Gasteiger partial charge in [-0.1, -0.05) is 37.3 Å². The maximum Gasteiger partial charge on any atom is 0.211 e. The smallest absolute Gasteiger partial charge is 0.211 e. The largest absolute Gasteiger partial charge is 0.364 e. The van der Waals surface area contributed by atoms with Gasteiger partial charge in [0.15, 0.2) is 0 Å². The minimum Gasteiger partial charge on any atom is -0.364 e. The molecule has 160 valence electrons. The molecular weight excluding hydrogens is 410 g/mol. The first kappa shape index (κ1) is 21.1. The second-order valence-corrected chi connectivity index (χ2v) is 9.92. The van der Waals surface area contributed by atoms with E-state index in [0.717, 1.165) is 22.5 Å². The molecule has 0 saturated carbocycles. The molecule has 0 spiro atoms.